The summed E-state index contributed by atoms with van der Waals surface area (Å²) in [6, 6.07) is 6.32. The fraction of sp³-hybridized carbons (Fsp3) is 0.514. The van der Waals surface area contributed by atoms with Crippen LogP contribution in [0.25, 0.3) is 32.9 Å². The van der Waals surface area contributed by atoms with E-state index in [0.717, 1.165) is 12.8 Å². The lowest BCUT2D eigenvalue weighted by molar-refractivity contribution is 0.0447. The zero-order valence-corrected chi connectivity index (χ0v) is 27.5. The van der Waals surface area contributed by atoms with Crippen molar-refractivity contribution >= 4 is 27.5 Å². The van der Waals surface area contributed by atoms with E-state index in [2.05, 4.69) is 4.98 Å². The second-order valence-corrected chi connectivity index (χ2v) is 13.3. The Kier molecular flexibility index (Phi) is 9.12. The Bertz CT molecular complexity index is 1800. The van der Waals surface area contributed by atoms with Gasteiger partial charge in [-0.15, -0.1) is 0 Å². The third kappa shape index (κ3) is 6.63. The molecule has 0 radical (unpaired) electrons. The van der Waals surface area contributed by atoms with Crippen molar-refractivity contribution < 1.29 is 37.9 Å². The number of hydrogen-bond acceptors (Lipinski definition) is 10. The van der Waals surface area contributed by atoms with Crippen molar-refractivity contribution in [2.75, 3.05) is 45.1 Å². The molecule has 0 amide bonds. The molecule has 47 heavy (non-hydrogen) atoms. The summed E-state index contributed by atoms with van der Waals surface area (Å²) in [5.41, 5.74) is -0.849. The van der Waals surface area contributed by atoms with Gasteiger partial charge in [-0.25, -0.2) is 13.8 Å². The van der Waals surface area contributed by atoms with Crippen LogP contribution in [-0.4, -0.2) is 77.1 Å². The highest BCUT2D eigenvalue weighted by Gasteiger charge is 2.43. The van der Waals surface area contributed by atoms with Crippen molar-refractivity contribution in [1.82, 2.24) is 15.0 Å². The number of benzene rings is 2. The summed E-state index contributed by atoms with van der Waals surface area (Å²) in [4.78, 5) is 16.0. The van der Waals surface area contributed by atoms with E-state index in [0.29, 0.717) is 59.3 Å². The second kappa shape index (κ2) is 13.0. The highest BCUT2D eigenvalue weighted by molar-refractivity contribution is 6.03. The SMILES string of the molecule is CCc1c(F)ccc2cc(OCOC)cc(-c3nc(OC(C)C)c4c(N5CCC[C@@](C)(O)C5)nc(OCC5(CO)CC5)nc4c3F)c12. The number of rotatable bonds is 12. The molecule has 2 aliphatic rings. The number of aliphatic hydroxyl groups is 2. The maximum absolute atomic E-state index is 17.2. The van der Waals surface area contributed by atoms with E-state index in [4.69, 9.17) is 28.9 Å². The maximum Gasteiger partial charge on any atom is 0.319 e. The molecule has 1 aliphatic carbocycles. The van der Waals surface area contributed by atoms with Crippen molar-refractivity contribution in [1.29, 1.82) is 0 Å². The summed E-state index contributed by atoms with van der Waals surface area (Å²) < 4.78 is 55.6. The molecule has 12 heteroatoms. The zero-order valence-electron chi connectivity index (χ0n) is 27.5. The van der Waals surface area contributed by atoms with Crippen LogP contribution in [0.5, 0.6) is 17.6 Å². The van der Waals surface area contributed by atoms with E-state index in [1.807, 2.05) is 25.7 Å². The molecule has 2 aromatic carbocycles. The van der Waals surface area contributed by atoms with Gasteiger partial charge in [-0.2, -0.15) is 9.97 Å². The predicted molar refractivity (Wildman–Crippen MR) is 174 cm³/mol. The first-order valence-corrected chi connectivity index (χ1v) is 16.1. The number of methoxy groups -OCH3 is 1. The Morgan fingerprint density at radius 3 is 2.49 bits per heavy atom. The third-order valence-electron chi connectivity index (χ3n) is 8.93. The molecule has 4 aromatic rings. The minimum Gasteiger partial charge on any atom is -0.474 e. The number of fused-ring (bicyclic) bond motifs is 2. The van der Waals surface area contributed by atoms with Crippen molar-refractivity contribution in [2.45, 2.75) is 71.5 Å². The number of piperidine rings is 1. The number of pyridine rings is 1. The normalized spacial score (nSPS) is 19.1. The summed E-state index contributed by atoms with van der Waals surface area (Å²) in [5, 5.41) is 22.3. The van der Waals surface area contributed by atoms with Gasteiger partial charge in [-0.3, -0.25) is 0 Å². The quantitative estimate of drug-likeness (QED) is 0.178. The molecule has 2 aromatic heterocycles. The van der Waals surface area contributed by atoms with Crippen molar-refractivity contribution in [3.05, 3.63) is 41.5 Å². The van der Waals surface area contributed by atoms with Gasteiger partial charge in [-0.1, -0.05) is 13.0 Å². The molecule has 1 atom stereocenters. The van der Waals surface area contributed by atoms with Crippen molar-refractivity contribution in [2.24, 2.45) is 5.41 Å². The molecule has 2 N–H and O–H groups in total. The van der Waals surface area contributed by atoms with Crippen LogP contribution >= 0.6 is 0 Å². The van der Waals surface area contributed by atoms with Crippen LogP contribution in [0.2, 0.25) is 0 Å². The van der Waals surface area contributed by atoms with Crippen LogP contribution < -0.4 is 19.1 Å². The van der Waals surface area contributed by atoms with Crippen LogP contribution in [0.3, 0.4) is 0 Å². The number of β-amino-alcohol motifs (C(OH)–C–C–N with tert-alkyl or cyclic N) is 1. The molecule has 10 nitrogen and oxygen atoms in total. The van der Waals surface area contributed by atoms with Gasteiger partial charge in [0.05, 0.1) is 24.9 Å². The number of aliphatic hydroxyl groups excluding tert-OH is 1. The number of hydrogen-bond donors (Lipinski definition) is 2. The smallest absolute Gasteiger partial charge is 0.319 e. The van der Waals surface area contributed by atoms with Crippen molar-refractivity contribution in [3.63, 3.8) is 0 Å². The molecule has 6 rings (SSSR count). The summed E-state index contributed by atoms with van der Waals surface area (Å²) in [6.07, 6.45) is 2.89. The van der Waals surface area contributed by atoms with Gasteiger partial charge in [0.1, 0.15) is 34.0 Å². The number of nitrogens with zero attached hydrogens (tertiary/aromatic N) is 4. The fourth-order valence-electron chi connectivity index (χ4n) is 6.26. The lowest BCUT2D eigenvalue weighted by atomic mass is 9.94. The molecular weight excluding hydrogens is 610 g/mol. The lowest BCUT2D eigenvalue weighted by Crippen LogP contribution is -2.46. The molecule has 3 heterocycles. The topological polar surface area (TPSA) is 119 Å². The first-order valence-electron chi connectivity index (χ1n) is 16.1. The van der Waals surface area contributed by atoms with E-state index in [9.17, 15) is 10.2 Å². The molecule has 252 valence electrons. The van der Waals surface area contributed by atoms with Gasteiger partial charge in [-0.05, 0) is 87.4 Å². The first kappa shape index (κ1) is 33.0. The zero-order chi connectivity index (χ0) is 33.5. The second-order valence-electron chi connectivity index (χ2n) is 13.3. The number of anilines is 1. The first-order chi connectivity index (χ1) is 22.5. The summed E-state index contributed by atoms with van der Waals surface area (Å²) >= 11 is 0. The summed E-state index contributed by atoms with van der Waals surface area (Å²) in [7, 11) is 1.50. The Balaban J connectivity index is 1.64. The van der Waals surface area contributed by atoms with Gasteiger partial charge >= 0.3 is 6.01 Å². The van der Waals surface area contributed by atoms with Gasteiger partial charge < -0.3 is 34.1 Å². The average molecular weight is 653 g/mol. The van der Waals surface area contributed by atoms with Crippen LogP contribution in [-0.2, 0) is 11.2 Å². The van der Waals surface area contributed by atoms with Crippen LogP contribution in [0.15, 0.2) is 24.3 Å². The van der Waals surface area contributed by atoms with Gasteiger partial charge in [0, 0.05) is 31.2 Å². The molecule has 2 fully saturated rings. The number of ether oxygens (including phenoxy) is 4. The Morgan fingerprint density at radius 2 is 1.83 bits per heavy atom. The van der Waals surface area contributed by atoms with E-state index in [1.165, 1.54) is 13.2 Å². The molecule has 1 saturated carbocycles. The lowest BCUT2D eigenvalue weighted by Gasteiger charge is -2.38. The van der Waals surface area contributed by atoms with E-state index < -0.39 is 17.2 Å². The standard InChI is InChI=1S/C35H42F2N4O6/c1-6-23-25(36)9-8-21-14-22(46-19-44-5)15-24(26(21)23)29-28(37)30-27(32(38-29)47-20(2)3)31(41-13-7-10-34(4,43)16-41)40-33(39-30)45-18-35(17-42)11-12-35/h8-9,14-15,20,42-43H,6-7,10-13,16-19H2,1-5H3/t34-/m1/s1. The van der Waals surface area contributed by atoms with Gasteiger partial charge in [0.2, 0.25) is 5.88 Å². The average Bonchev–Trinajstić information content (AvgIpc) is 3.83. The Morgan fingerprint density at radius 1 is 1.04 bits per heavy atom. The largest absolute Gasteiger partial charge is 0.474 e. The number of halogens is 2. The van der Waals surface area contributed by atoms with E-state index in [1.54, 1.807) is 25.1 Å². The summed E-state index contributed by atoms with van der Waals surface area (Å²) in [5.74, 6) is -0.375. The van der Waals surface area contributed by atoms with Gasteiger partial charge in [0.25, 0.3) is 0 Å². The van der Waals surface area contributed by atoms with Crippen molar-refractivity contribution in [3.8, 4) is 28.9 Å². The Hall–Kier alpha value is -3.87. The molecule has 1 aliphatic heterocycles. The molecule has 0 unspecified atom stereocenters. The highest BCUT2D eigenvalue weighted by Crippen LogP contribution is 2.46. The Labute approximate surface area is 272 Å². The van der Waals surface area contributed by atoms with Crippen LogP contribution in [0.1, 0.15) is 58.9 Å². The molecule has 1 saturated heterocycles. The van der Waals surface area contributed by atoms with E-state index in [-0.39, 0.29) is 66.6 Å². The fourth-order valence-corrected chi connectivity index (χ4v) is 6.26. The predicted octanol–water partition coefficient (Wildman–Crippen LogP) is 5.96. The van der Waals surface area contributed by atoms with Gasteiger partial charge in [0.15, 0.2) is 12.6 Å². The minimum absolute atomic E-state index is 0.0396. The minimum atomic E-state index is -1.00. The highest BCUT2D eigenvalue weighted by atomic mass is 19.1. The number of aromatic nitrogens is 3. The maximum atomic E-state index is 17.2. The van der Waals surface area contributed by atoms with Crippen LogP contribution in [0.4, 0.5) is 14.6 Å². The number of aryl methyl sites for hydroxylation is 1. The van der Waals surface area contributed by atoms with Crippen LogP contribution in [0, 0.1) is 17.0 Å². The third-order valence-corrected chi connectivity index (χ3v) is 8.93. The monoisotopic (exact) mass is 652 g/mol. The summed E-state index contributed by atoms with van der Waals surface area (Å²) in [6.45, 7) is 8.15. The molecule has 0 bridgehead atoms. The molecule has 0 spiro atoms. The molecular formula is C35H42F2N4O6. The van der Waals surface area contributed by atoms with E-state index >= 15 is 8.78 Å².